The highest BCUT2D eigenvalue weighted by molar-refractivity contribution is 5.75. The number of hydrogen-bond donors (Lipinski definition) is 2. The summed E-state index contributed by atoms with van der Waals surface area (Å²) in [5.74, 6) is 0. The van der Waals surface area contributed by atoms with E-state index in [2.05, 4.69) is 22.4 Å². The number of nitrogens with zero attached hydrogens (tertiary/aromatic N) is 1. The Labute approximate surface area is 141 Å². The maximum Gasteiger partial charge on any atom is 0.318 e. The van der Waals surface area contributed by atoms with E-state index in [-0.39, 0.29) is 24.2 Å². The first-order valence-electron chi connectivity index (χ1n) is 8.35. The summed E-state index contributed by atoms with van der Waals surface area (Å²) in [6.07, 6.45) is 1.97. The van der Waals surface area contributed by atoms with Crippen molar-refractivity contribution in [3.63, 3.8) is 0 Å². The molecule has 0 spiro atoms. The highest BCUT2D eigenvalue weighted by Gasteiger charge is 2.29. The Morgan fingerprint density at radius 2 is 2.04 bits per heavy atom. The number of rotatable bonds is 3. The van der Waals surface area contributed by atoms with Crippen LogP contribution in [0.1, 0.15) is 41.3 Å². The summed E-state index contributed by atoms with van der Waals surface area (Å²) in [5, 5.41) is 2.91. The molecule has 1 atom stereocenters. The van der Waals surface area contributed by atoms with Gasteiger partial charge in [-0.05, 0) is 43.9 Å². The van der Waals surface area contributed by atoms with Crippen LogP contribution in [0.15, 0.2) is 41.2 Å². The first kappa shape index (κ1) is 16.3. The van der Waals surface area contributed by atoms with Crippen LogP contribution in [-0.2, 0) is 6.54 Å². The van der Waals surface area contributed by atoms with Gasteiger partial charge in [0.15, 0.2) is 0 Å². The van der Waals surface area contributed by atoms with Gasteiger partial charge in [-0.15, -0.1) is 0 Å². The molecule has 1 fully saturated rings. The largest absolute Gasteiger partial charge is 0.334 e. The molecule has 0 saturated carbocycles. The van der Waals surface area contributed by atoms with Crippen molar-refractivity contribution in [1.29, 1.82) is 0 Å². The van der Waals surface area contributed by atoms with Gasteiger partial charge >= 0.3 is 6.03 Å². The molecular formula is C19H23N3O2. The predicted molar refractivity (Wildman–Crippen MR) is 93.9 cm³/mol. The summed E-state index contributed by atoms with van der Waals surface area (Å²) in [5.41, 5.74) is 3.38. The highest BCUT2D eigenvalue weighted by atomic mass is 16.2. The molecular weight excluding hydrogens is 302 g/mol. The summed E-state index contributed by atoms with van der Waals surface area (Å²) >= 11 is 0. The van der Waals surface area contributed by atoms with Gasteiger partial charge in [0.25, 0.3) is 5.56 Å². The summed E-state index contributed by atoms with van der Waals surface area (Å²) in [7, 11) is 0. The number of benzene rings is 1. The van der Waals surface area contributed by atoms with Crippen LogP contribution in [0.2, 0.25) is 0 Å². The van der Waals surface area contributed by atoms with Gasteiger partial charge in [-0.25, -0.2) is 4.79 Å². The van der Waals surface area contributed by atoms with Crippen LogP contribution in [-0.4, -0.2) is 22.5 Å². The fourth-order valence-electron chi connectivity index (χ4n) is 3.40. The number of pyridine rings is 1. The number of aryl methyl sites for hydroxylation is 2. The molecule has 5 heteroatoms. The number of H-pyrrole nitrogens is 1. The molecule has 1 saturated heterocycles. The van der Waals surface area contributed by atoms with Crippen molar-refractivity contribution in [2.45, 2.75) is 39.3 Å². The molecule has 2 heterocycles. The minimum atomic E-state index is -0.131. The minimum absolute atomic E-state index is 0.110. The maximum absolute atomic E-state index is 12.6. The van der Waals surface area contributed by atoms with E-state index in [0.29, 0.717) is 5.56 Å². The Hall–Kier alpha value is -2.56. The van der Waals surface area contributed by atoms with Gasteiger partial charge in [-0.2, -0.15) is 0 Å². The molecule has 2 N–H and O–H groups in total. The van der Waals surface area contributed by atoms with Crippen molar-refractivity contribution < 1.29 is 4.79 Å². The molecule has 3 rings (SSSR count). The van der Waals surface area contributed by atoms with Gasteiger partial charge in [0, 0.05) is 17.8 Å². The second-order valence-corrected chi connectivity index (χ2v) is 6.36. The third-order valence-corrected chi connectivity index (χ3v) is 4.61. The second-order valence-electron chi connectivity index (χ2n) is 6.36. The smallest absolute Gasteiger partial charge is 0.318 e. The van der Waals surface area contributed by atoms with E-state index in [9.17, 15) is 9.59 Å². The van der Waals surface area contributed by atoms with Gasteiger partial charge in [0.1, 0.15) is 0 Å². The zero-order valence-corrected chi connectivity index (χ0v) is 14.1. The monoisotopic (exact) mass is 325 g/mol. The fraction of sp³-hybridized carbons (Fsp3) is 0.368. The quantitative estimate of drug-likeness (QED) is 0.911. The van der Waals surface area contributed by atoms with Crippen LogP contribution in [0.25, 0.3) is 0 Å². The van der Waals surface area contributed by atoms with Gasteiger partial charge in [-0.1, -0.05) is 30.3 Å². The number of nitrogens with one attached hydrogen (secondary N) is 2. The number of aromatic nitrogens is 1. The summed E-state index contributed by atoms with van der Waals surface area (Å²) in [4.78, 5) is 29.3. The standard InChI is InChI=1S/C19H23N3O2/c1-13-11-14(2)21-18(23)16(13)12-20-19(24)22-10-6-9-17(22)15-7-4-3-5-8-15/h3-5,7-8,11,17H,6,9-10,12H2,1-2H3,(H,20,24)(H,21,23)/t17-/m1/s1. The maximum atomic E-state index is 12.6. The summed E-state index contributed by atoms with van der Waals surface area (Å²) in [6, 6.07) is 12.0. The Balaban J connectivity index is 1.70. The summed E-state index contributed by atoms with van der Waals surface area (Å²) < 4.78 is 0. The van der Waals surface area contributed by atoms with Crippen molar-refractivity contribution in [1.82, 2.24) is 15.2 Å². The Bertz CT molecular complexity index is 783. The van der Waals surface area contributed by atoms with Crippen molar-refractivity contribution >= 4 is 6.03 Å². The SMILES string of the molecule is Cc1cc(C)c(CNC(=O)N2CCC[C@@H]2c2ccccc2)c(=O)[nH]1. The molecule has 0 bridgehead atoms. The fourth-order valence-corrected chi connectivity index (χ4v) is 3.40. The molecule has 24 heavy (non-hydrogen) atoms. The molecule has 1 aromatic heterocycles. The average Bonchev–Trinajstić information content (AvgIpc) is 3.04. The highest BCUT2D eigenvalue weighted by Crippen LogP contribution is 2.31. The van der Waals surface area contributed by atoms with Crippen molar-refractivity contribution in [2.24, 2.45) is 0 Å². The topological polar surface area (TPSA) is 65.2 Å². The van der Waals surface area contributed by atoms with Crippen LogP contribution in [0.3, 0.4) is 0 Å². The lowest BCUT2D eigenvalue weighted by atomic mass is 10.1. The van der Waals surface area contributed by atoms with E-state index in [1.165, 1.54) is 0 Å². The first-order valence-corrected chi connectivity index (χ1v) is 8.35. The molecule has 0 aliphatic carbocycles. The lowest BCUT2D eigenvalue weighted by Gasteiger charge is -2.25. The van der Waals surface area contributed by atoms with Crippen LogP contribution in [0.4, 0.5) is 4.79 Å². The average molecular weight is 325 g/mol. The van der Waals surface area contributed by atoms with Crippen molar-refractivity contribution in [3.05, 3.63) is 69.1 Å². The molecule has 0 radical (unpaired) electrons. The lowest BCUT2D eigenvalue weighted by molar-refractivity contribution is 0.192. The van der Waals surface area contributed by atoms with Gasteiger partial charge in [0.2, 0.25) is 0 Å². The summed E-state index contributed by atoms with van der Waals surface area (Å²) in [6.45, 7) is 4.74. The van der Waals surface area contributed by atoms with E-state index in [0.717, 1.165) is 36.2 Å². The number of likely N-dealkylation sites (tertiary alicyclic amines) is 1. The van der Waals surface area contributed by atoms with Gasteiger partial charge < -0.3 is 15.2 Å². The van der Waals surface area contributed by atoms with Gasteiger partial charge in [-0.3, -0.25) is 4.79 Å². The van der Waals surface area contributed by atoms with E-state index in [1.807, 2.05) is 43.0 Å². The second kappa shape index (κ2) is 6.91. The number of amides is 2. The molecule has 126 valence electrons. The molecule has 1 aliphatic rings. The van der Waals surface area contributed by atoms with Crippen LogP contribution in [0.5, 0.6) is 0 Å². The molecule has 0 unspecified atom stereocenters. The number of carbonyl (C=O) groups excluding carboxylic acids is 1. The number of aromatic amines is 1. The Morgan fingerprint density at radius 1 is 1.29 bits per heavy atom. The molecule has 5 nitrogen and oxygen atoms in total. The van der Waals surface area contributed by atoms with E-state index in [4.69, 9.17) is 0 Å². The van der Waals surface area contributed by atoms with Crippen LogP contribution < -0.4 is 10.9 Å². The van der Waals surface area contributed by atoms with Crippen molar-refractivity contribution in [3.8, 4) is 0 Å². The Morgan fingerprint density at radius 3 is 2.75 bits per heavy atom. The lowest BCUT2D eigenvalue weighted by Crippen LogP contribution is -2.40. The number of urea groups is 1. The zero-order chi connectivity index (χ0) is 17.1. The third kappa shape index (κ3) is 3.35. The molecule has 2 aromatic rings. The number of carbonyl (C=O) groups is 1. The Kier molecular flexibility index (Phi) is 4.69. The van der Waals surface area contributed by atoms with Crippen molar-refractivity contribution in [2.75, 3.05) is 6.54 Å². The van der Waals surface area contributed by atoms with E-state index in [1.54, 1.807) is 0 Å². The minimum Gasteiger partial charge on any atom is -0.334 e. The number of hydrogen-bond acceptors (Lipinski definition) is 2. The normalized spacial score (nSPS) is 17.1. The van der Waals surface area contributed by atoms with E-state index < -0.39 is 0 Å². The third-order valence-electron chi connectivity index (χ3n) is 4.61. The zero-order valence-electron chi connectivity index (χ0n) is 14.1. The van der Waals surface area contributed by atoms with Crippen LogP contribution in [0, 0.1) is 13.8 Å². The first-order chi connectivity index (χ1) is 11.6. The molecule has 1 aliphatic heterocycles. The predicted octanol–water partition coefficient (Wildman–Crippen LogP) is 3.04. The van der Waals surface area contributed by atoms with E-state index >= 15 is 0 Å². The van der Waals surface area contributed by atoms with Gasteiger partial charge in [0.05, 0.1) is 12.6 Å². The van der Waals surface area contributed by atoms with Crippen LogP contribution >= 0.6 is 0 Å². The molecule has 1 aromatic carbocycles. The molecule has 2 amide bonds.